The molecular formula is C15H23BClFN6O4. The number of nitrogens with zero attached hydrogens (tertiary/aromatic N) is 4. The van der Waals surface area contributed by atoms with Crippen LogP contribution in [0.5, 0.6) is 0 Å². The second kappa shape index (κ2) is 12.4. The van der Waals surface area contributed by atoms with Crippen molar-refractivity contribution in [3.8, 4) is 0 Å². The summed E-state index contributed by atoms with van der Waals surface area (Å²) in [6.45, 7) is 0.115. The van der Waals surface area contributed by atoms with E-state index in [-0.39, 0.29) is 43.8 Å². The summed E-state index contributed by atoms with van der Waals surface area (Å²) in [6, 6.07) is 5.70. The van der Waals surface area contributed by atoms with Crippen LogP contribution in [-0.4, -0.2) is 50.1 Å². The fourth-order valence-electron chi connectivity index (χ4n) is 2.40. The van der Waals surface area contributed by atoms with Crippen LogP contribution in [-0.2, 0) is 22.5 Å². The van der Waals surface area contributed by atoms with Crippen molar-refractivity contribution in [2.24, 2.45) is 5.73 Å². The average molecular weight is 417 g/mol. The quantitative estimate of drug-likeness (QED) is 0.288. The first-order chi connectivity index (χ1) is 13.0. The van der Waals surface area contributed by atoms with E-state index in [1.807, 2.05) is 0 Å². The Balaban J connectivity index is 0.00000392. The molecule has 0 unspecified atom stereocenters. The summed E-state index contributed by atoms with van der Waals surface area (Å²) in [6.07, 6.45) is 1.76. The van der Waals surface area contributed by atoms with Crippen LogP contribution in [0.1, 0.15) is 36.7 Å². The Hall–Kier alpha value is -2.12. The highest BCUT2D eigenvalue weighted by atomic mass is 35.5. The van der Waals surface area contributed by atoms with Gasteiger partial charge in [0.1, 0.15) is 12.4 Å². The maximum atomic E-state index is 13.6. The van der Waals surface area contributed by atoms with Gasteiger partial charge in [0.25, 0.3) is 0 Å². The predicted molar refractivity (Wildman–Crippen MR) is 100 cm³/mol. The molecule has 0 saturated carbocycles. The van der Waals surface area contributed by atoms with Crippen molar-refractivity contribution in [1.82, 2.24) is 25.5 Å². The number of tetrazole rings is 1. The molecule has 0 aliphatic heterocycles. The van der Waals surface area contributed by atoms with Crippen molar-refractivity contribution in [1.29, 1.82) is 0 Å². The fourth-order valence-corrected chi connectivity index (χ4v) is 2.40. The third-order valence-corrected chi connectivity index (χ3v) is 3.79. The maximum Gasteiger partial charge on any atom is 0.633 e. The van der Waals surface area contributed by atoms with Gasteiger partial charge >= 0.3 is 7.32 Å². The van der Waals surface area contributed by atoms with Crippen molar-refractivity contribution in [3.63, 3.8) is 0 Å². The molecule has 0 saturated heterocycles. The lowest BCUT2D eigenvalue weighted by atomic mass is 10.1. The molecule has 0 spiro atoms. The lowest BCUT2D eigenvalue weighted by molar-refractivity contribution is -0.122. The number of carbonyl (C=O) groups excluding carboxylic acids is 1. The van der Waals surface area contributed by atoms with Gasteiger partial charge in [-0.15, -0.1) is 17.5 Å². The van der Waals surface area contributed by atoms with E-state index in [0.29, 0.717) is 30.7 Å². The minimum absolute atomic E-state index is 0. The predicted octanol–water partition coefficient (Wildman–Crippen LogP) is -0.293. The molecule has 154 valence electrons. The summed E-state index contributed by atoms with van der Waals surface area (Å²) in [5.74, 6) is -0.399. The van der Waals surface area contributed by atoms with Gasteiger partial charge in [-0.25, -0.2) is 9.07 Å². The maximum absolute atomic E-state index is 13.6. The SMILES string of the molecule is Cl.N[C@@H](CCCCOB(O)O)c1nnnn1CC(=O)NCc1ccccc1F. The molecule has 2 aromatic rings. The van der Waals surface area contributed by atoms with Gasteiger partial charge in [0, 0.05) is 18.7 Å². The van der Waals surface area contributed by atoms with Crippen LogP contribution in [0.15, 0.2) is 24.3 Å². The summed E-state index contributed by atoms with van der Waals surface area (Å²) in [5.41, 5.74) is 6.44. The molecule has 1 atom stereocenters. The minimum Gasteiger partial charge on any atom is -0.402 e. The molecule has 2 rings (SSSR count). The lowest BCUT2D eigenvalue weighted by Crippen LogP contribution is -2.30. The summed E-state index contributed by atoms with van der Waals surface area (Å²) in [7, 11) is -1.78. The van der Waals surface area contributed by atoms with Crippen LogP contribution in [0.3, 0.4) is 0 Å². The number of carbonyl (C=O) groups is 1. The first-order valence-electron chi connectivity index (χ1n) is 8.47. The van der Waals surface area contributed by atoms with E-state index in [1.54, 1.807) is 18.2 Å². The highest BCUT2D eigenvalue weighted by Gasteiger charge is 2.17. The molecule has 1 aromatic carbocycles. The number of nitrogens with one attached hydrogen (secondary N) is 1. The monoisotopic (exact) mass is 416 g/mol. The van der Waals surface area contributed by atoms with Crippen LogP contribution in [0, 0.1) is 5.82 Å². The first-order valence-corrected chi connectivity index (χ1v) is 8.47. The first kappa shape index (κ1) is 23.9. The van der Waals surface area contributed by atoms with Gasteiger partial charge in [-0.2, -0.15) is 0 Å². The van der Waals surface area contributed by atoms with Crippen molar-refractivity contribution in [3.05, 3.63) is 41.5 Å². The minimum atomic E-state index is -1.78. The highest BCUT2D eigenvalue weighted by Crippen LogP contribution is 2.13. The van der Waals surface area contributed by atoms with Crippen LogP contribution >= 0.6 is 12.4 Å². The smallest absolute Gasteiger partial charge is 0.402 e. The molecule has 0 bridgehead atoms. The van der Waals surface area contributed by atoms with Crippen molar-refractivity contribution < 1.29 is 23.9 Å². The van der Waals surface area contributed by atoms with Crippen molar-refractivity contribution >= 4 is 25.6 Å². The van der Waals surface area contributed by atoms with E-state index in [1.165, 1.54) is 10.7 Å². The summed E-state index contributed by atoms with van der Waals surface area (Å²) >= 11 is 0. The molecule has 0 aliphatic carbocycles. The number of nitrogens with two attached hydrogens (primary N) is 1. The average Bonchev–Trinajstić information content (AvgIpc) is 3.08. The van der Waals surface area contributed by atoms with Gasteiger partial charge in [-0.1, -0.05) is 18.2 Å². The summed E-state index contributed by atoms with van der Waals surface area (Å²) < 4.78 is 19.5. The zero-order valence-corrected chi connectivity index (χ0v) is 15.9. The molecular weight excluding hydrogens is 393 g/mol. The Morgan fingerprint density at radius 3 is 2.82 bits per heavy atom. The van der Waals surface area contributed by atoms with Crippen LogP contribution in [0.4, 0.5) is 4.39 Å². The Labute approximate surface area is 167 Å². The van der Waals surface area contributed by atoms with E-state index in [4.69, 9.17) is 15.8 Å². The third kappa shape index (κ3) is 7.86. The molecule has 13 heteroatoms. The number of unbranched alkanes of at least 4 members (excludes halogenated alkanes) is 1. The number of hydrogen-bond acceptors (Lipinski definition) is 8. The molecule has 1 amide bonds. The zero-order chi connectivity index (χ0) is 19.6. The van der Waals surface area contributed by atoms with Crippen LogP contribution in [0.2, 0.25) is 0 Å². The second-order valence-electron chi connectivity index (χ2n) is 5.86. The number of hydrogen-bond donors (Lipinski definition) is 4. The van der Waals surface area contributed by atoms with Gasteiger partial charge in [-0.05, 0) is 35.8 Å². The largest absolute Gasteiger partial charge is 0.633 e. The fraction of sp³-hybridized carbons (Fsp3) is 0.467. The van der Waals surface area contributed by atoms with E-state index in [2.05, 4.69) is 25.5 Å². The van der Waals surface area contributed by atoms with E-state index in [0.717, 1.165) is 0 Å². The number of benzene rings is 1. The number of rotatable bonds is 11. The summed E-state index contributed by atoms with van der Waals surface area (Å²) in [5, 5.41) is 31.0. The molecule has 0 aliphatic rings. The van der Waals surface area contributed by atoms with Gasteiger partial charge in [0.05, 0.1) is 6.04 Å². The normalized spacial score (nSPS) is 11.6. The lowest BCUT2D eigenvalue weighted by Gasteiger charge is -2.12. The Morgan fingerprint density at radius 1 is 1.36 bits per heavy atom. The number of halogens is 2. The second-order valence-corrected chi connectivity index (χ2v) is 5.86. The number of amides is 1. The Kier molecular flexibility index (Phi) is 10.6. The van der Waals surface area contributed by atoms with E-state index in [9.17, 15) is 9.18 Å². The molecule has 1 aromatic heterocycles. The topological polar surface area (TPSA) is 148 Å². The molecule has 0 fully saturated rings. The third-order valence-electron chi connectivity index (χ3n) is 3.79. The zero-order valence-electron chi connectivity index (χ0n) is 15.1. The van der Waals surface area contributed by atoms with E-state index >= 15 is 0 Å². The van der Waals surface area contributed by atoms with E-state index < -0.39 is 13.4 Å². The number of aromatic nitrogens is 4. The van der Waals surface area contributed by atoms with Crippen molar-refractivity contribution in [2.45, 2.75) is 38.4 Å². The molecule has 1 heterocycles. The molecule has 5 N–H and O–H groups in total. The standard InChI is InChI=1S/C15H22BFN6O4.ClH/c17-12-6-2-1-5-11(12)9-19-14(24)10-23-15(20-21-22-23)13(18)7-3-4-8-27-16(25)26;/h1-2,5-6,13,25-26H,3-4,7-10,18H2,(H,19,24);1H/t13-;/m0./s1. The van der Waals surface area contributed by atoms with Crippen LogP contribution in [0.25, 0.3) is 0 Å². The van der Waals surface area contributed by atoms with Crippen molar-refractivity contribution in [2.75, 3.05) is 6.61 Å². The van der Waals surface area contributed by atoms with Gasteiger partial charge in [0.2, 0.25) is 5.91 Å². The molecule has 28 heavy (non-hydrogen) atoms. The highest BCUT2D eigenvalue weighted by molar-refractivity contribution is 6.32. The van der Waals surface area contributed by atoms with Crippen LogP contribution < -0.4 is 11.1 Å². The Morgan fingerprint density at radius 2 is 2.11 bits per heavy atom. The van der Waals surface area contributed by atoms with Gasteiger partial charge < -0.3 is 25.8 Å². The Bertz CT molecular complexity index is 738. The summed E-state index contributed by atoms with van der Waals surface area (Å²) in [4.78, 5) is 12.1. The molecule has 0 radical (unpaired) electrons. The van der Waals surface area contributed by atoms with Gasteiger partial charge in [0.15, 0.2) is 5.82 Å². The van der Waals surface area contributed by atoms with Gasteiger partial charge in [-0.3, -0.25) is 4.79 Å². The molecule has 10 nitrogen and oxygen atoms in total.